The standard InChI is InChI=1S/C11H19N3O5/c1-3-14(4-9(15)12-2)11(18)13-8-6-19-5-7(8)10(16)17/h7-8H,3-6H2,1-2H3,(H,12,15)(H,13,18)(H,16,17). The first-order chi connectivity index (χ1) is 8.99. The molecule has 1 fully saturated rings. The molecule has 0 spiro atoms. The maximum atomic E-state index is 11.9. The normalized spacial score (nSPS) is 21.8. The van der Waals surface area contributed by atoms with Crippen molar-refractivity contribution in [2.75, 3.05) is 33.4 Å². The number of hydrogen-bond donors (Lipinski definition) is 3. The van der Waals surface area contributed by atoms with E-state index < -0.39 is 24.0 Å². The van der Waals surface area contributed by atoms with E-state index in [2.05, 4.69) is 10.6 Å². The molecule has 8 heteroatoms. The molecule has 1 aliphatic rings. The summed E-state index contributed by atoms with van der Waals surface area (Å²) in [6, 6.07) is -1.03. The van der Waals surface area contributed by atoms with Crippen LogP contribution in [-0.2, 0) is 14.3 Å². The fraction of sp³-hybridized carbons (Fsp3) is 0.727. The molecule has 2 atom stereocenters. The highest BCUT2D eigenvalue weighted by Gasteiger charge is 2.35. The molecule has 0 aromatic rings. The van der Waals surface area contributed by atoms with Crippen LogP contribution in [0.25, 0.3) is 0 Å². The Hall–Kier alpha value is -1.83. The van der Waals surface area contributed by atoms with Gasteiger partial charge in [-0.2, -0.15) is 0 Å². The third kappa shape index (κ3) is 4.09. The van der Waals surface area contributed by atoms with Gasteiger partial charge in [0.15, 0.2) is 0 Å². The largest absolute Gasteiger partial charge is 0.481 e. The summed E-state index contributed by atoms with van der Waals surface area (Å²) >= 11 is 0. The van der Waals surface area contributed by atoms with Crippen LogP contribution in [0.15, 0.2) is 0 Å². The molecule has 0 aliphatic carbocycles. The average molecular weight is 273 g/mol. The number of ether oxygens (including phenoxy) is 1. The number of carboxylic acid groups (broad SMARTS) is 1. The van der Waals surface area contributed by atoms with E-state index in [1.54, 1.807) is 6.92 Å². The van der Waals surface area contributed by atoms with Gasteiger partial charge in [0.2, 0.25) is 5.91 Å². The first-order valence-electron chi connectivity index (χ1n) is 6.06. The highest BCUT2D eigenvalue weighted by atomic mass is 16.5. The van der Waals surface area contributed by atoms with Crippen LogP contribution in [0, 0.1) is 5.92 Å². The lowest BCUT2D eigenvalue weighted by atomic mass is 10.0. The fourth-order valence-electron chi connectivity index (χ4n) is 1.77. The summed E-state index contributed by atoms with van der Waals surface area (Å²) in [6.07, 6.45) is 0. The van der Waals surface area contributed by atoms with Gasteiger partial charge in [-0.15, -0.1) is 0 Å². The second kappa shape index (κ2) is 6.93. The minimum absolute atomic E-state index is 0.0653. The first kappa shape index (κ1) is 15.2. The number of carbonyl (C=O) groups is 3. The van der Waals surface area contributed by atoms with Crippen LogP contribution in [0.3, 0.4) is 0 Å². The highest BCUT2D eigenvalue weighted by molar-refractivity contribution is 5.84. The minimum Gasteiger partial charge on any atom is -0.481 e. The molecule has 1 saturated heterocycles. The van der Waals surface area contributed by atoms with E-state index in [-0.39, 0.29) is 25.7 Å². The molecule has 0 radical (unpaired) electrons. The van der Waals surface area contributed by atoms with Crippen LogP contribution in [-0.4, -0.2) is 67.3 Å². The van der Waals surface area contributed by atoms with Crippen molar-refractivity contribution < 1.29 is 24.2 Å². The Labute approximate surface area is 111 Å². The van der Waals surface area contributed by atoms with Crippen LogP contribution in [0.1, 0.15) is 6.92 Å². The van der Waals surface area contributed by atoms with E-state index >= 15 is 0 Å². The third-order valence-electron chi connectivity index (χ3n) is 2.99. The molecule has 19 heavy (non-hydrogen) atoms. The van der Waals surface area contributed by atoms with Gasteiger partial charge in [0, 0.05) is 13.6 Å². The molecule has 108 valence electrons. The van der Waals surface area contributed by atoms with Crippen molar-refractivity contribution in [2.24, 2.45) is 5.92 Å². The number of hydrogen-bond acceptors (Lipinski definition) is 4. The average Bonchev–Trinajstić information content (AvgIpc) is 2.83. The van der Waals surface area contributed by atoms with E-state index in [1.165, 1.54) is 11.9 Å². The van der Waals surface area contributed by atoms with Gasteiger partial charge >= 0.3 is 12.0 Å². The lowest BCUT2D eigenvalue weighted by molar-refractivity contribution is -0.142. The van der Waals surface area contributed by atoms with Crippen molar-refractivity contribution in [3.63, 3.8) is 0 Å². The zero-order valence-electron chi connectivity index (χ0n) is 11.0. The Bertz CT molecular complexity index is 360. The van der Waals surface area contributed by atoms with Gasteiger partial charge in [-0.25, -0.2) is 4.79 Å². The van der Waals surface area contributed by atoms with Crippen LogP contribution in [0.4, 0.5) is 4.79 Å². The molecule has 8 nitrogen and oxygen atoms in total. The Morgan fingerprint density at radius 1 is 1.37 bits per heavy atom. The van der Waals surface area contributed by atoms with E-state index in [0.29, 0.717) is 6.54 Å². The Kier molecular flexibility index (Phi) is 5.56. The van der Waals surface area contributed by atoms with Crippen molar-refractivity contribution in [1.82, 2.24) is 15.5 Å². The van der Waals surface area contributed by atoms with Crippen molar-refractivity contribution in [1.29, 1.82) is 0 Å². The summed E-state index contributed by atoms with van der Waals surface area (Å²) < 4.78 is 5.05. The summed E-state index contributed by atoms with van der Waals surface area (Å²) in [5.74, 6) is -2.03. The predicted molar refractivity (Wildman–Crippen MR) is 65.6 cm³/mol. The number of likely N-dealkylation sites (N-methyl/N-ethyl adjacent to an activating group) is 2. The maximum absolute atomic E-state index is 11.9. The SMILES string of the molecule is CCN(CC(=O)NC)C(=O)NC1COCC1C(=O)O. The second-order valence-corrected chi connectivity index (χ2v) is 4.23. The second-order valence-electron chi connectivity index (χ2n) is 4.23. The monoisotopic (exact) mass is 273 g/mol. The molecule has 1 rings (SSSR count). The van der Waals surface area contributed by atoms with Gasteiger partial charge < -0.3 is 25.4 Å². The molecule has 0 aromatic heterocycles. The molecule has 0 bridgehead atoms. The van der Waals surface area contributed by atoms with Crippen LogP contribution < -0.4 is 10.6 Å². The molecule has 0 aromatic carbocycles. The van der Waals surface area contributed by atoms with Crippen LogP contribution in [0.2, 0.25) is 0 Å². The Balaban J connectivity index is 2.56. The smallest absolute Gasteiger partial charge is 0.318 e. The maximum Gasteiger partial charge on any atom is 0.318 e. The van der Waals surface area contributed by atoms with E-state index in [0.717, 1.165) is 0 Å². The number of urea groups is 1. The number of amides is 3. The van der Waals surface area contributed by atoms with E-state index in [9.17, 15) is 14.4 Å². The number of rotatable bonds is 5. The number of carbonyl (C=O) groups excluding carboxylic acids is 2. The summed E-state index contributed by atoms with van der Waals surface area (Å²) in [4.78, 5) is 35.4. The van der Waals surface area contributed by atoms with Crippen LogP contribution in [0.5, 0.6) is 0 Å². The first-order valence-corrected chi connectivity index (χ1v) is 6.06. The Morgan fingerprint density at radius 2 is 2.05 bits per heavy atom. The molecular formula is C11H19N3O5. The fourth-order valence-corrected chi connectivity index (χ4v) is 1.77. The molecule has 0 saturated carbocycles. The van der Waals surface area contributed by atoms with Gasteiger partial charge in [0.1, 0.15) is 12.5 Å². The Morgan fingerprint density at radius 3 is 2.58 bits per heavy atom. The highest BCUT2D eigenvalue weighted by Crippen LogP contribution is 2.14. The summed E-state index contributed by atoms with van der Waals surface area (Å²) in [7, 11) is 1.49. The van der Waals surface area contributed by atoms with Crippen LogP contribution >= 0.6 is 0 Å². The predicted octanol–water partition coefficient (Wildman–Crippen LogP) is -1.14. The van der Waals surface area contributed by atoms with Crippen molar-refractivity contribution in [3.05, 3.63) is 0 Å². The van der Waals surface area contributed by atoms with Gasteiger partial charge in [-0.05, 0) is 6.92 Å². The quantitative estimate of drug-likeness (QED) is 0.587. The number of aliphatic carboxylic acids is 1. The molecule has 2 unspecified atom stereocenters. The van der Waals surface area contributed by atoms with Crippen molar-refractivity contribution >= 4 is 17.9 Å². The third-order valence-corrected chi connectivity index (χ3v) is 2.99. The van der Waals surface area contributed by atoms with Gasteiger partial charge in [0.05, 0.1) is 19.3 Å². The summed E-state index contributed by atoms with van der Waals surface area (Å²) in [5.41, 5.74) is 0. The zero-order chi connectivity index (χ0) is 14.4. The minimum atomic E-state index is -1.00. The lowest BCUT2D eigenvalue weighted by Gasteiger charge is -2.23. The number of nitrogens with zero attached hydrogens (tertiary/aromatic N) is 1. The summed E-state index contributed by atoms with van der Waals surface area (Å²) in [6.45, 7) is 2.28. The lowest BCUT2D eigenvalue weighted by Crippen LogP contribution is -2.51. The molecule has 3 amide bonds. The molecular weight excluding hydrogens is 254 g/mol. The number of nitrogens with one attached hydrogen (secondary N) is 2. The van der Waals surface area contributed by atoms with Crippen molar-refractivity contribution in [2.45, 2.75) is 13.0 Å². The van der Waals surface area contributed by atoms with E-state index in [1.807, 2.05) is 0 Å². The molecule has 1 aliphatic heterocycles. The van der Waals surface area contributed by atoms with Gasteiger partial charge in [-0.1, -0.05) is 0 Å². The molecule has 3 N–H and O–H groups in total. The number of carboxylic acids is 1. The van der Waals surface area contributed by atoms with Gasteiger partial charge in [-0.3, -0.25) is 9.59 Å². The topological polar surface area (TPSA) is 108 Å². The summed E-state index contributed by atoms with van der Waals surface area (Å²) in [5, 5.41) is 14.0. The van der Waals surface area contributed by atoms with E-state index in [4.69, 9.17) is 9.84 Å². The van der Waals surface area contributed by atoms with Gasteiger partial charge in [0.25, 0.3) is 0 Å². The zero-order valence-corrected chi connectivity index (χ0v) is 11.0. The van der Waals surface area contributed by atoms with Crippen molar-refractivity contribution in [3.8, 4) is 0 Å². The molecule has 1 heterocycles.